The van der Waals surface area contributed by atoms with E-state index in [1.165, 1.54) is 24.3 Å². The normalized spacial score (nSPS) is 9.80. The second kappa shape index (κ2) is 6.38. The van der Waals surface area contributed by atoms with E-state index in [9.17, 15) is 9.59 Å². The standard InChI is InChI=1S/C15H13NO4/c17-14(10-20-13-4-2-1-3-5-13)16-12-8-6-11(7-9-12)15(18)19/h1-9H,10H2,(H,16,17)(H,18,19). The first-order valence-electron chi connectivity index (χ1n) is 5.96. The lowest BCUT2D eigenvalue weighted by Gasteiger charge is -2.07. The highest BCUT2D eigenvalue weighted by atomic mass is 16.5. The Morgan fingerprint density at radius 3 is 2.25 bits per heavy atom. The van der Waals surface area contributed by atoms with E-state index in [0.29, 0.717) is 11.4 Å². The van der Waals surface area contributed by atoms with Crippen molar-refractivity contribution in [3.8, 4) is 5.75 Å². The van der Waals surface area contributed by atoms with Gasteiger partial charge in [0.15, 0.2) is 6.61 Å². The summed E-state index contributed by atoms with van der Waals surface area (Å²) in [6, 6.07) is 14.9. The Hall–Kier alpha value is -2.82. The van der Waals surface area contributed by atoms with Crippen LogP contribution in [-0.4, -0.2) is 23.6 Å². The van der Waals surface area contributed by atoms with Crippen LogP contribution in [0.1, 0.15) is 10.4 Å². The van der Waals surface area contributed by atoms with Crippen LogP contribution >= 0.6 is 0 Å². The molecule has 0 fully saturated rings. The van der Waals surface area contributed by atoms with E-state index in [1.807, 2.05) is 18.2 Å². The third kappa shape index (κ3) is 3.84. The molecule has 0 bridgehead atoms. The van der Waals surface area contributed by atoms with Gasteiger partial charge in [0.25, 0.3) is 5.91 Å². The molecule has 0 aliphatic rings. The minimum Gasteiger partial charge on any atom is -0.484 e. The highest BCUT2D eigenvalue weighted by Gasteiger charge is 2.05. The summed E-state index contributed by atoms with van der Waals surface area (Å²) in [6.07, 6.45) is 0. The molecule has 0 aromatic heterocycles. The van der Waals surface area contributed by atoms with Gasteiger partial charge in [-0.05, 0) is 36.4 Å². The predicted octanol–water partition coefficient (Wildman–Crippen LogP) is 2.40. The summed E-state index contributed by atoms with van der Waals surface area (Å²) in [6.45, 7) is -0.106. The van der Waals surface area contributed by atoms with E-state index < -0.39 is 5.97 Å². The second-order valence-corrected chi connectivity index (χ2v) is 4.03. The molecule has 2 rings (SSSR count). The average Bonchev–Trinajstić information content (AvgIpc) is 2.47. The molecule has 0 aliphatic heterocycles. The minimum atomic E-state index is -1.00. The molecule has 2 N–H and O–H groups in total. The van der Waals surface area contributed by atoms with Gasteiger partial charge in [-0.15, -0.1) is 0 Å². The number of ether oxygens (including phenoxy) is 1. The molecule has 0 heterocycles. The lowest BCUT2D eigenvalue weighted by Crippen LogP contribution is -2.20. The maximum atomic E-state index is 11.7. The number of para-hydroxylation sites is 1. The first-order valence-corrected chi connectivity index (χ1v) is 5.96. The van der Waals surface area contributed by atoms with Gasteiger partial charge in [-0.3, -0.25) is 4.79 Å². The molecule has 0 radical (unpaired) electrons. The number of hydrogen-bond acceptors (Lipinski definition) is 3. The van der Waals surface area contributed by atoms with Crippen LogP contribution in [0.2, 0.25) is 0 Å². The fraction of sp³-hybridized carbons (Fsp3) is 0.0667. The Labute approximate surface area is 115 Å². The van der Waals surface area contributed by atoms with Crippen LogP contribution in [-0.2, 0) is 4.79 Å². The van der Waals surface area contributed by atoms with Crippen LogP contribution in [0.5, 0.6) is 5.75 Å². The SMILES string of the molecule is O=C(COc1ccccc1)Nc1ccc(C(=O)O)cc1. The van der Waals surface area contributed by atoms with Gasteiger partial charge in [-0.25, -0.2) is 4.79 Å². The van der Waals surface area contributed by atoms with Gasteiger partial charge in [-0.1, -0.05) is 18.2 Å². The summed E-state index contributed by atoms with van der Waals surface area (Å²) < 4.78 is 5.30. The highest BCUT2D eigenvalue weighted by Crippen LogP contribution is 2.11. The largest absolute Gasteiger partial charge is 0.484 e. The number of hydrogen-bond donors (Lipinski definition) is 2. The lowest BCUT2D eigenvalue weighted by atomic mass is 10.2. The number of benzene rings is 2. The third-order valence-corrected chi connectivity index (χ3v) is 2.53. The number of amides is 1. The van der Waals surface area contributed by atoms with E-state index in [-0.39, 0.29) is 18.1 Å². The number of carbonyl (C=O) groups is 2. The number of rotatable bonds is 5. The predicted molar refractivity (Wildman–Crippen MR) is 74.0 cm³/mol. The average molecular weight is 271 g/mol. The van der Waals surface area contributed by atoms with Gasteiger partial charge in [0.2, 0.25) is 0 Å². The molecule has 1 amide bonds. The number of carboxylic acids is 1. The summed E-state index contributed by atoms with van der Waals surface area (Å²) in [5, 5.41) is 11.4. The number of anilines is 1. The van der Waals surface area contributed by atoms with Crippen molar-refractivity contribution >= 4 is 17.6 Å². The van der Waals surface area contributed by atoms with E-state index in [0.717, 1.165) is 0 Å². The zero-order valence-electron chi connectivity index (χ0n) is 10.6. The molecule has 20 heavy (non-hydrogen) atoms. The van der Waals surface area contributed by atoms with Gasteiger partial charge in [-0.2, -0.15) is 0 Å². The summed E-state index contributed by atoms with van der Waals surface area (Å²) in [4.78, 5) is 22.3. The third-order valence-electron chi connectivity index (χ3n) is 2.53. The Bertz CT molecular complexity index is 593. The fourth-order valence-corrected chi connectivity index (χ4v) is 1.56. The topological polar surface area (TPSA) is 75.6 Å². The van der Waals surface area contributed by atoms with E-state index in [1.54, 1.807) is 12.1 Å². The number of nitrogens with one attached hydrogen (secondary N) is 1. The van der Waals surface area contributed by atoms with Crippen molar-refractivity contribution in [1.82, 2.24) is 0 Å². The fourth-order valence-electron chi connectivity index (χ4n) is 1.56. The minimum absolute atomic E-state index is 0.106. The van der Waals surface area contributed by atoms with Crippen molar-refractivity contribution in [2.45, 2.75) is 0 Å². The second-order valence-electron chi connectivity index (χ2n) is 4.03. The summed E-state index contributed by atoms with van der Waals surface area (Å²) >= 11 is 0. The molecule has 0 saturated heterocycles. The Balaban J connectivity index is 1.86. The molecule has 0 atom stereocenters. The molecule has 5 heteroatoms. The van der Waals surface area contributed by atoms with Gasteiger partial charge in [0, 0.05) is 5.69 Å². The Morgan fingerprint density at radius 2 is 1.65 bits per heavy atom. The smallest absolute Gasteiger partial charge is 0.335 e. The van der Waals surface area contributed by atoms with Crippen LogP contribution < -0.4 is 10.1 Å². The molecule has 0 spiro atoms. The molecule has 2 aromatic rings. The van der Waals surface area contributed by atoms with Crippen molar-refractivity contribution in [3.63, 3.8) is 0 Å². The quantitative estimate of drug-likeness (QED) is 0.875. The molecule has 0 saturated carbocycles. The number of aromatic carboxylic acids is 1. The van der Waals surface area contributed by atoms with Crippen molar-refractivity contribution in [2.75, 3.05) is 11.9 Å². The zero-order chi connectivity index (χ0) is 14.4. The van der Waals surface area contributed by atoms with Crippen LogP contribution in [0, 0.1) is 0 Å². The molecule has 0 aliphatic carbocycles. The molecule has 0 unspecified atom stereocenters. The van der Waals surface area contributed by atoms with Gasteiger partial charge < -0.3 is 15.2 Å². The molecule has 102 valence electrons. The van der Waals surface area contributed by atoms with Crippen LogP contribution in [0.25, 0.3) is 0 Å². The van der Waals surface area contributed by atoms with E-state index >= 15 is 0 Å². The van der Waals surface area contributed by atoms with Crippen molar-refractivity contribution in [2.24, 2.45) is 0 Å². The summed E-state index contributed by atoms with van der Waals surface area (Å²) in [5.41, 5.74) is 0.695. The van der Waals surface area contributed by atoms with Crippen molar-refractivity contribution in [3.05, 3.63) is 60.2 Å². The zero-order valence-corrected chi connectivity index (χ0v) is 10.6. The summed E-state index contributed by atoms with van der Waals surface area (Å²) in [5.74, 6) is -0.698. The maximum absolute atomic E-state index is 11.7. The first-order chi connectivity index (χ1) is 9.65. The maximum Gasteiger partial charge on any atom is 0.335 e. The van der Waals surface area contributed by atoms with Crippen molar-refractivity contribution in [1.29, 1.82) is 0 Å². The highest BCUT2D eigenvalue weighted by molar-refractivity contribution is 5.93. The van der Waals surface area contributed by atoms with Gasteiger partial charge in [0.05, 0.1) is 5.56 Å². The van der Waals surface area contributed by atoms with Crippen LogP contribution in [0.3, 0.4) is 0 Å². The molecule has 5 nitrogen and oxygen atoms in total. The molecular weight excluding hydrogens is 258 g/mol. The van der Waals surface area contributed by atoms with Gasteiger partial charge >= 0.3 is 5.97 Å². The lowest BCUT2D eigenvalue weighted by molar-refractivity contribution is -0.118. The van der Waals surface area contributed by atoms with E-state index in [4.69, 9.17) is 9.84 Å². The Kier molecular flexibility index (Phi) is 4.34. The summed E-state index contributed by atoms with van der Waals surface area (Å²) in [7, 11) is 0. The molecule has 2 aromatic carbocycles. The number of carbonyl (C=O) groups excluding carboxylic acids is 1. The number of carboxylic acid groups (broad SMARTS) is 1. The Morgan fingerprint density at radius 1 is 1.00 bits per heavy atom. The van der Waals surface area contributed by atoms with E-state index in [2.05, 4.69) is 5.32 Å². The monoisotopic (exact) mass is 271 g/mol. The first kappa shape index (κ1) is 13.6. The van der Waals surface area contributed by atoms with Crippen molar-refractivity contribution < 1.29 is 19.4 Å². The van der Waals surface area contributed by atoms with Crippen LogP contribution in [0.4, 0.5) is 5.69 Å². The van der Waals surface area contributed by atoms with Crippen LogP contribution in [0.15, 0.2) is 54.6 Å². The molecular formula is C15H13NO4. The van der Waals surface area contributed by atoms with Gasteiger partial charge in [0.1, 0.15) is 5.75 Å².